The van der Waals surface area contributed by atoms with Crippen LogP contribution in [0, 0.1) is 11.7 Å². The molecule has 0 bridgehead atoms. The first-order chi connectivity index (χ1) is 9.87. The summed E-state index contributed by atoms with van der Waals surface area (Å²) in [7, 11) is -3.38. The van der Waals surface area contributed by atoms with Gasteiger partial charge in [-0.25, -0.2) is 18.5 Å². The monoisotopic (exact) mass is 367 g/mol. The molecule has 0 heterocycles. The van der Waals surface area contributed by atoms with Crippen molar-refractivity contribution in [2.45, 2.75) is 11.8 Å². The molecule has 0 aliphatic rings. The second-order valence-corrected chi connectivity index (χ2v) is 7.14. The summed E-state index contributed by atoms with van der Waals surface area (Å²) in [5.41, 5.74) is 1.54. The average molecular weight is 368 g/mol. The maximum Gasteiger partial charge on any atom is 0.331 e. The van der Waals surface area contributed by atoms with Crippen molar-refractivity contribution in [3.8, 4) is 0 Å². The van der Waals surface area contributed by atoms with Gasteiger partial charge in [0.1, 0.15) is 0 Å². The van der Waals surface area contributed by atoms with Gasteiger partial charge in [0, 0.05) is 10.2 Å². The van der Waals surface area contributed by atoms with Crippen molar-refractivity contribution in [2.75, 3.05) is 5.32 Å². The molecule has 110 valence electrons. The topological polar surface area (TPSA) is 82.1 Å². The molecule has 0 aliphatic carbocycles. The predicted molar refractivity (Wildman–Crippen MR) is 86.6 cm³/mol. The summed E-state index contributed by atoms with van der Waals surface area (Å²) in [5, 5.41) is 2.54. The number of benzene rings is 2. The second kappa shape index (κ2) is 6.28. The number of carbonyl (C=O) groups excluding carboxylic acids is 1. The first-order valence-electron chi connectivity index (χ1n) is 6.06. The SMILES string of the molecule is Cc1ccc(S(=N)(=O)NC(=O)Nc2ccc(Br)cc2)cc1. The summed E-state index contributed by atoms with van der Waals surface area (Å²) in [4.78, 5) is 12.1. The third kappa shape index (κ3) is 4.30. The Balaban J connectivity index is 2.07. The maximum absolute atomic E-state index is 12.2. The minimum atomic E-state index is -3.38. The minimum absolute atomic E-state index is 0.263. The number of urea groups is 1. The number of halogens is 1. The summed E-state index contributed by atoms with van der Waals surface area (Å²) >= 11 is 3.29. The number of nitrogens with one attached hydrogen (secondary N) is 3. The standard InChI is InChI=1S/C14H14BrN3O2S/c1-10-2-8-13(9-3-10)21(16,20)18-14(19)17-12-6-4-11(15)5-7-12/h2-9H,1H3,(H3,16,17,18,19,20). The van der Waals surface area contributed by atoms with Gasteiger partial charge in [-0.05, 0) is 43.3 Å². The van der Waals surface area contributed by atoms with Crippen LogP contribution >= 0.6 is 15.9 Å². The number of carbonyl (C=O) groups is 1. The first kappa shape index (κ1) is 15.5. The van der Waals surface area contributed by atoms with Gasteiger partial charge in [-0.3, -0.25) is 0 Å². The van der Waals surface area contributed by atoms with Gasteiger partial charge in [-0.15, -0.1) is 0 Å². The molecule has 0 aliphatic heterocycles. The summed E-state index contributed by atoms with van der Waals surface area (Å²) in [6, 6.07) is 12.9. The number of amides is 2. The van der Waals surface area contributed by atoms with Crippen LogP contribution in [0.4, 0.5) is 10.5 Å². The van der Waals surface area contributed by atoms with E-state index in [2.05, 4.69) is 26.0 Å². The van der Waals surface area contributed by atoms with Crippen LogP contribution in [0.15, 0.2) is 57.9 Å². The van der Waals surface area contributed by atoms with Crippen LogP contribution in [-0.2, 0) is 9.92 Å². The maximum atomic E-state index is 12.2. The fourth-order valence-corrected chi connectivity index (χ4v) is 2.82. The van der Waals surface area contributed by atoms with Crippen molar-refractivity contribution in [2.24, 2.45) is 0 Å². The zero-order chi connectivity index (χ0) is 15.5. The molecular weight excluding hydrogens is 354 g/mol. The Morgan fingerprint density at radius 1 is 1.10 bits per heavy atom. The molecule has 2 aromatic carbocycles. The van der Waals surface area contributed by atoms with E-state index in [9.17, 15) is 9.00 Å². The number of aryl methyl sites for hydroxylation is 1. The number of anilines is 1. The van der Waals surface area contributed by atoms with Gasteiger partial charge in [0.25, 0.3) is 0 Å². The van der Waals surface area contributed by atoms with E-state index in [4.69, 9.17) is 4.78 Å². The molecule has 21 heavy (non-hydrogen) atoms. The van der Waals surface area contributed by atoms with Gasteiger partial charge in [-0.2, -0.15) is 0 Å². The van der Waals surface area contributed by atoms with E-state index in [1.165, 1.54) is 0 Å². The van der Waals surface area contributed by atoms with Gasteiger partial charge < -0.3 is 5.32 Å². The Morgan fingerprint density at radius 3 is 2.24 bits per heavy atom. The smallest absolute Gasteiger partial charge is 0.307 e. The number of rotatable bonds is 3. The van der Waals surface area contributed by atoms with Crippen molar-refractivity contribution >= 4 is 37.6 Å². The predicted octanol–water partition coefficient (Wildman–Crippen LogP) is 3.90. The van der Waals surface area contributed by atoms with E-state index < -0.39 is 15.9 Å². The van der Waals surface area contributed by atoms with Crippen LogP contribution in [0.1, 0.15) is 5.56 Å². The van der Waals surface area contributed by atoms with E-state index in [0.29, 0.717) is 5.69 Å². The molecule has 2 aromatic rings. The normalized spacial score (nSPS) is 13.2. The van der Waals surface area contributed by atoms with E-state index in [0.717, 1.165) is 10.0 Å². The fourth-order valence-electron chi connectivity index (χ4n) is 1.61. The van der Waals surface area contributed by atoms with Crippen molar-refractivity contribution < 1.29 is 9.00 Å². The van der Waals surface area contributed by atoms with Gasteiger partial charge in [-0.1, -0.05) is 33.6 Å². The highest BCUT2D eigenvalue weighted by molar-refractivity contribution is 9.10. The molecule has 0 radical (unpaired) electrons. The first-order valence-corrected chi connectivity index (χ1v) is 8.42. The fraction of sp³-hybridized carbons (Fsp3) is 0.0714. The van der Waals surface area contributed by atoms with E-state index in [1.807, 2.05) is 6.92 Å². The summed E-state index contributed by atoms with van der Waals surface area (Å²) in [6.45, 7) is 1.89. The highest BCUT2D eigenvalue weighted by Crippen LogP contribution is 2.15. The molecule has 0 fully saturated rings. The highest BCUT2D eigenvalue weighted by atomic mass is 79.9. The zero-order valence-corrected chi connectivity index (χ0v) is 13.6. The molecule has 5 nitrogen and oxygen atoms in total. The van der Waals surface area contributed by atoms with E-state index in [1.54, 1.807) is 48.5 Å². The quantitative estimate of drug-likeness (QED) is 0.768. The molecule has 0 spiro atoms. The highest BCUT2D eigenvalue weighted by Gasteiger charge is 2.13. The lowest BCUT2D eigenvalue weighted by Crippen LogP contribution is -2.33. The second-order valence-electron chi connectivity index (χ2n) is 4.43. The lowest BCUT2D eigenvalue weighted by molar-refractivity contribution is 0.257. The molecule has 0 aromatic heterocycles. The van der Waals surface area contributed by atoms with Gasteiger partial charge in [0.05, 0.1) is 4.90 Å². The van der Waals surface area contributed by atoms with Gasteiger partial charge in [0.15, 0.2) is 9.92 Å². The van der Waals surface area contributed by atoms with Crippen molar-refractivity contribution in [1.29, 1.82) is 4.78 Å². The molecule has 0 saturated carbocycles. The minimum Gasteiger partial charge on any atom is -0.307 e. The molecule has 2 rings (SSSR count). The average Bonchev–Trinajstić information content (AvgIpc) is 2.41. The molecule has 7 heteroatoms. The van der Waals surface area contributed by atoms with Crippen molar-refractivity contribution in [3.63, 3.8) is 0 Å². The molecule has 1 unspecified atom stereocenters. The molecule has 2 amide bonds. The largest absolute Gasteiger partial charge is 0.331 e. The van der Waals surface area contributed by atoms with Gasteiger partial charge >= 0.3 is 6.03 Å². The van der Waals surface area contributed by atoms with Crippen molar-refractivity contribution in [1.82, 2.24) is 4.72 Å². The van der Waals surface area contributed by atoms with Crippen LogP contribution in [0.3, 0.4) is 0 Å². The Labute approximate surface area is 132 Å². The van der Waals surface area contributed by atoms with E-state index in [-0.39, 0.29) is 4.90 Å². The Morgan fingerprint density at radius 2 is 1.67 bits per heavy atom. The molecule has 1 atom stereocenters. The lowest BCUT2D eigenvalue weighted by atomic mass is 10.2. The van der Waals surface area contributed by atoms with Crippen LogP contribution < -0.4 is 10.0 Å². The van der Waals surface area contributed by atoms with Crippen LogP contribution in [0.5, 0.6) is 0 Å². The summed E-state index contributed by atoms with van der Waals surface area (Å²) < 4.78 is 23.1. The lowest BCUT2D eigenvalue weighted by Gasteiger charge is -2.11. The van der Waals surface area contributed by atoms with Crippen LogP contribution in [0.25, 0.3) is 0 Å². The summed E-state index contributed by atoms with van der Waals surface area (Å²) in [5.74, 6) is 0. The van der Waals surface area contributed by atoms with Gasteiger partial charge in [0.2, 0.25) is 0 Å². The van der Waals surface area contributed by atoms with E-state index >= 15 is 0 Å². The molecule has 0 saturated heterocycles. The molecular formula is C14H14BrN3O2S. The van der Waals surface area contributed by atoms with Crippen LogP contribution in [-0.4, -0.2) is 10.2 Å². The Bertz CT molecular complexity index is 741. The Hall–Kier alpha value is -1.86. The molecule has 3 N–H and O–H groups in total. The summed E-state index contributed by atoms with van der Waals surface area (Å²) in [6.07, 6.45) is 0. The van der Waals surface area contributed by atoms with Crippen LogP contribution in [0.2, 0.25) is 0 Å². The number of hydrogen-bond acceptors (Lipinski definition) is 3. The van der Waals surface area contributed by atoms with Crippen molar-refractivity contribution in [3.05, 3.63) is 58.6 Å². The third-order valence-corrected chi connectivity index (χ3v) is 4.63. The number of hydrogen-bond donors (Lipinski definition) is 3. The third-order valence-electron chi connectivity index (χ3n) is 2.69. The zero-order valence-electron chi connectivity index (χ0n) is 11.2. The Kier molecular flexibility index (Phi) is 4.64.